The van der Waals surface area contributed by atoms with Crippen LogP contribution in [0.25, 0.3) is 0 Å². The standard InChI is InChI=1S/C20H21N3O6/c24-18(12-14-6-8-16(9-7-14)23(28)29)22-17(10-11-19(25)26)20(27)21-13-15-4-2-1-3-5-15/h1-9,17H,10-13H2,(H,21,27)(H,22,24)(H,25,26)/t17-/m0/s1. The number of rotatable bonds is 10. The molecule has 0 saturated heterocycles. The minimum Gasteiger partial charge on any atom is -0.481 e. The van der Waals surface area contributed by atoms with E-state index in [0.717, 1.165) is 5.56 Å². The molecule has 9 heteroatoms. The molecule has 0 radical (unpaired) electrons. The Kier molecular flexibility index (Phi) is 7.84. The highest BCUT2D eigenvalue weighted by atomic mass is 16.6. The lowest BCUT2D eigenvalue weighted by Crippen LogP contribution is -2.47. The summed E-state index contributed by atoms with van der Waals surface area (Å²) in [6.45, 7) is 0.251. The first-order chi connectivity index (χ1) is 13.8. The van der Waals surface area contributed by atoms with E-state index in [2.05, 4.69) is 10.6 Å². The molecule has 0 aromatic heterocycles. The van der Waals surface area contributed by atoms with Crippen molar-refractivity contribution in [3.8, 4) is 0 Å². The number of aliphatic carboxylic acids is 1. The van der Waals surface area contributed by atoms with Crippen LogP contribution >= 0.6 is 0 Å². The number of carboxylic acid groups (broad SMARTS) is 1. The van der Waals surface area contributed by atoms with Crippen molar-refractivity contribution in [3.63, 3.8) is 0 Å². The van der Waals surface area contributed by atoms with Crippen LogP contribution in [0.1, 0.15) is 24.0 Å². The number of benzene rings is 2. The largest absolute Gasteiger partial charge is 0.481 e. The maximum Gasteiger partial charge on any atom is 0.303 e. The molecule has 0 saturated carbocycles. The number of carbonyl (C=O) groups is 3. The van der Waals surface area contributed by atoms with Gasteiger partial charge in [0.2, 0.25) is 11.8 Å². The summed E-state index contributed by atoms with van der Waals surface area (Å²) in [5.41, 5.74) is 1.32. The van der Waals surface area contributed by atoms with E-state index >= 15 is 0 Å². The Morgan fingerprint density at radius 1 is 1.00 bits per heavy atom. The third-order valence-electron chi connectivity index (χ3n) is 4.12. The quantitative estimate of drug-likeness (QED) is 0.411. The van der Waals surface area contributed by atoms with Crippen LogP contribution in [0.4, 0.5) is 5.69 Å². The molecule has 1 atom stereocenters. The van der Waals surface area contributed by atoms with E-state index in [1.165, 1.54) is 24.3 Å². The van der Waals surface area contributed by atoms with Crippen molar-refractivity contribution in [2.24, 2.45) is 0 Å². The number of nitro benzene ring substituents is 1. The van der Waals surface area contributed by atoms with E-state index in [-0.39, 0.29) is 31.5 Å². The highest BCUT2D eigenvalue weighted by Crippen LogP contribution is 2.12. The first-order valence-electron chi connectivity index (χ1n) is 8.91. The van der Waals surface area contributed by atoms with Crippen LogP contribution in [-0.4, -0.2) is 33.9 Å². The Labute approximate surface area is 166 Å². The van der Waals surface area contributed by atoms with Gasteiger partial charge in [-0.05, 0) is 17.5 Å². The summed E-state index contributed by atoms with van der Waals surface area (Å²) in [6, 6.07) is 13.7. The van der Waals surface area contributed by atoms with Gasteiger partial charge in [0, 0.05) is 25.1 Å². The smallest absolute Gasteiger partial charge is 0.303 e. The van der Waals surface area contributed by atoms with E-state index in [1.54, 1.807) is 0 Å². The fourth-order valence-electron chi connectivity index (χ4n) is 2.61. The van der Waals surface area contributed by atoms with Gasteiger partial charge < -0.3 is 15.7 Å². The Morgan fingerprint density at radius 2 is 1.66 bits per heavy atom. The molecule has 2 amide bonds. The van der Waals surface area contributed by atoms with Crippen LogP contribution in [0.3, 0.4) is 0 Å². The van der Waals surface area contributed by atoms with Gasteiger partial charge in [-0.1, -0.05) is 42.5 Å². The summed E-state index contributed by atoms with van der Waals surface area (Å²) in [5, 5.41) is 24.8. The minimum absolute atomic E-state index is 0.0536. The fraction of sp³-hybridized carbons (Fsp3) is 0.250. The van der Waals surface area contributed by atoms with Crippen LogP contribution < -0.4 is 10.6 Å². The number of non-ortho nitro benzene ring substituents is 1. The van der Waals surface area contributed by atoms with Crippen molar-refractivity contribution in [1.29, 1.82) is 0 Å². The number of nitrogens with one attached hydrogen (secondary N) is 2. The number of amides is 2. The molecule has 29 heavy (non-hydrogen) atoms. The highest BCUT2D eigenvalue weighted by molar-refractivity contribution is 5.88. The van der Waals surface area contributed by atoms with E-state index in [1.807, 2.05) is 30.3 Å². The molecule has 0 aliphatic heterocycles. The molecule has 0 bridgehead atoms. The van der Waals surface area contributed by atoms with Crippen molar-refractivity contribution in [2.45, 2.75) is 31.8 Å². The molecule has 0 spiro atoms. The van der Waals surface area contributed by atoms with Crippen LogP contribution in [0, 0.1) is 10.1 Å². The van der Waals surface area contributed by atoms with E-state index in [4.69, 9.17) is 5.11 Å². The monoisotopic (exact) mass is 399 g/mol. The minimum atomic E-state index is -1.07. The van der Waals surface area contributed by atoms with Crippen LogP contribution in [0.5, 0.6) is 0 Å². The van der Waals surface area contributed by atoms with E-state index in [0.29, 0.717) is 5.56 Å². The second-order valence-corrected chi connectivity index (χ2v) is 6.36. The lowest BCUT2D eigenvalue weighted by atomic mass is 10.1. The average Bonchev–Trinajstić information content (AvgIpc) is 2.70. The Morgan fingerprint density at radius 3 is 2.24 bits per heavy atom. The first kappa shape index (κ1) is 21.5. The second-order valence-electron chi connectivity index (χ2n) is 6.36. The summed E-state index contributed by atoms with van der Waals surface area (Å²) in [7, 11) is 0. The summed E-state index contributed by atoms with van der Waals surface area (Å²) in [4.78, 5) is 45.7. The van der Waals surface area contributed by atoms with Gasteiger partial charge in [-0.2, -0.15) is 0 Å². The number of hydrogen-bond acceptors (Lipinski definition) is 5. The summed E-state index contributed by atoms with van der Waals surface area (Å²) in [5.74, 6) is -2.04. The average molecular weight is 399 g/mol. The zero-order chi connectivity index (χ0) is 21.2. The van der Waals surface area contributed by atoms with Gasteiger partial charge in [0.25, 0.3) is 5.69 Å². The summed E-state index contributed by atoms with van der Waals surface area (Å²) < 4.78 is 0. The highest BCUT2D eigenvalue weighted by Gasteiger charge is 2.21. The predicted molar refractivity (Wildman–Crippen MR) is 104 cm³/mol. The second kappa shape index (κ2) is 10.5. The Hall–Kier alpha value is -3.75. The predicted octanol–water partition coefficient (Wildman–Crippen LogP) is 1.80. The lowest BCUT2D eigenvalue weighted by Gasteiger charge is -2.18. The maximum absolute atomic E-state index is 12.4. The molecule has 152 valence electrons. The molecular formula is C20H21N3O6. The zero-order valence-corrected chi connectivity index (χ0v) is 15.5. The molecule has 0 heterocycles. The zero-order valence-electron chi connectivity index (χ0n) is 15.5. The van der Waals surface area contributed by atoms with E-state index in [9.17, 15) is 24.5 Å². The van der Waals surface area contributed by atoms with Gasteiger partial charge >= 0.3 is 5.97 Å². The first-order valence-corrected chi connectivity index (χ1v) is 8.91. The van der Waals surface area contributed by atoms with Crippen molar-refractivity contribution >= 4 is 23.5 Å². The normalized spacial score (nSPS) is 11.3. The fourth-order valence-corrected chi connectivity index (χ4v) is 2.61. The molecular weight excluding hydrogens is 378 g/mol. The number of carboxylic acids is 1. The van der Waals surface area contributed by atoms with Gasteiger partial charge in [-0.3, -0.25) is 24.5 Å². The van der Waals surface area contributed by atoms with Gasteiger partial charge in [0.1, 0.15) is 6.04 Å². The molecule has 0 unspecified atom stereocenters. The Bertz CT molecular complexity index is 868. The molecule has 0 aliphatic rings. The molecule has 2 aromatic rings. The van der Waals surface area contributed by atoms with Crippen molar-refractivity contribution in [1.82, 2.24) is 10.6 Å². The van der Waals surface area contributed by atoms with Gasteiger partial charge in [-0.15, -0.1) is 0 Å². The topological polar surface area (TPSA) is 139 Å². The third kappa shape index (κ3) is 7.41. The van der Waals surface area contributed by atoms with Crippen molar-refractivity contribution < 1.29 is 24.4 Å². The number of carbonyl (C=O) groups excluding carboxylic acids is 2. The molecule has 2 aromatic carbocycles. The van der Waals surface area contributed by atoms with Gasteiger partial charge in [0.05, 0.1) is 11.3 Å². The Balaban J connectivity index is 1.96. The van der Waals surface area contributed by atoms with Crippen LogP contribution in [0.15, 0.2) is 54.6 Å². The maximum atomic E-state index is 12.4. The SMILES string of the molecule is O=C(O)CC[C@H](NC(=O)Cc1ccc([N+](=O)[O-])cc1)C(=O)NCc1ccccc1. The van der Waals surface area contributed by atoms with Crippen molar-refractivity contribution in [2.75, 3.05) is 0 Å². The van der Waals surface area contributed by atoms with Gasteiger partial charge in [0.15, 0.2) is 0 Å². The van der Waals surface area contributed by atoms with Crippen LogP contribution in [0.2, 0.25) is 0 Å². The molecule has 3 N–H and O–H groups in total. The summed E-state index contributed by atoms with van der Waals surface area (Å²) >= 11 is 0. The number of nitrogens with zero attached hydrogens (tertiary/aromatic N) is 1. The molecule has 2 rings (SSSR count). The molecule has 9 nitrogen and oxygen atoms in total. The molecule has 0 fully saturated rings. The number of hydrogen-bond donors (Lipinski definition) is 3. The third-order valence-corrected chi connectivity index (χ3v) is 4.12. The van der Waals surface area contributed by atoms with Crippen LogP contribution in [-0.2, 0) is 27.3 Å². The number of nitro groups is 1. The lowest BCUT2D eigenvalue weighted by molar-refractivity contribution is -0.384. The molecule has 0 aliphatic carbocycles. The van der Waals surface area contributed by atoms with Gasteiger partial charge in [-0.25, -0.2) is 0 Å². The summed E-state index contributed by atoms with van der Waals surface area (Å²) in [6.07, 6.45) is -0.420. The van der Waals surface area contributed by atoms with Crippen molar-refractivity contribution in [3.05, 3.63) is 75.8 Å². The van der Waals surface area contributed by atoms with E-state index < -0.39 is 28.7 Å².